The fourth-order valence-electron chi connectivity index (χ4n) is 1.92. The Labute approximate surface area is 97.8 Å². The average molecular weight is 225 g/mol. The van der Waals surface area contributed by atoms with Gasteiger partial charge in [-0.1, -0.05) is 13.8 Å². The molecule has 1 aromatic rings. The molecule has 2 N–H and O–H groups in total. The third-order valence-corrected chi connectivity index (χ3v) is 2.68. The maximum absolute atomic E-state index is 6.17. The third-order valence-electron chi connectivity index (χ3n) is 2.68. The first-order chi connectivity index (χ1) is 7.56. The van der Waals surface area contributed by atoms with Crippen molar-refractivity contribution >= 4 is 0 Å². The van der Waals surface area contributed by atoms with Gasteiger partial charge in [0.25, 0.3) is 0 Å². The minimum absolute atomic E-state index is 0.0572. The molecule has 2 atom stereocenters. The first kappa shape index (κ1) is 13.2. The Kier molecular flexibility index (Phi) is 4.96. The van der Waals surface area contributed by atoms with Crippen LogP contribution in [0.15, 0.2) is 12.5 Å². The molecule has 0 aliphatic carbocycles. The fraction of sp³-hybridized carbons (Fsp3) is 0.750. The third kappa shape index (κ3) is 3.32. The zero-order valence-corrected chi connectivity index (χ0v) is 10.7. The summed E-state index contributed by atoms with van der Waals surface area (Å²) < 4.78 is 7.26. The van der Waals surface area contributed by atoms with Crippen molar-refractivity contribution in [2.45, 2.75) is 39.3 Å². The van der Waals surface area contributed by atoms with E-state index in [0.717, 1.165) is 12.1 Å². The SMILES string of the molecule is COCC(C)n1cncc1C(N)CC(C)C. The normalized spacial score (nSPS) is 15.4. The van der Waals surface area contributed by atoms with Crippen LogP contribution in [0, 0.1) is 5.92 Å². The molecule has 0 aliphatic rings. The van der Waals surface area contributed by atoms with Crippen LogP contribution in [0.25, 0.3) is 0 Å². The molecular formula is C12H23N3O. The van der Waals surface area contributed by atoms with Gasteiger partial charge in [-0.3, -0.25) is 0 Å². The van der Waals surface area contributed by atoms with E-state index in [1.54, 1.807) is 7.11 Å². The van der Waals surface area contributed by atoms with Gasteiger partial charge in [-0.15, -0.1) is 0 Å². The molecule has 4 nitrogen and oxygen atoms in total. The first-order valence-corrected chi connectivity index (χ1v) is 5.82. The van der Waals surface area contributed by atoms with Crippen LogP contribution in [0.1, 0.15) is 45.0 Å². The Hall–Kier alpha value is -0.870. The highest BCUT2D eigenvalue weighted by Gasteiger charge is 2.16. The molecule has 1 rings (SSSR count). The molecule has 1 aromatic heterocycles. The molecule has 0 bridgehead atoms. The van der Waals surface area contributed by atoms with Gasteiger partial charge in [0, 0.05) is 19.3 Å². The fourth-order valence-corrected chi connectivity index (χ4v) is 1.92. The lowest BCUT2D eigenvalue weighted by molar-refractivity contribution is 0.160. The summed E-state index contributed by atoms with van der Waals surface area (Å²) in [6.45, 7) is 7.15. The molecule has 0 spiro atoms. The summed E-state index contributed by atoms with van der Waals surface area (Å²) in [6, 6.07) is 0.336. The van der Waals surface area contributed by atoms with Crippen molar-refractivity contribution < 1.29 is 4.74 Å². The summed E-state index contributed by atoms with van der Waals surface area (Å²) in [7, 11) is 1.71. The summed E-state index contributed by atoms with van der Waals surface area (Å²) in [5, 5.41) is 0. The monoisotopic (exact) mass is 225 g/mol. The number of nitrogens with zero attached hydrogens (tertiary/aromatic N) is 2. The van der Waals surface area contributed by atoms with E-state index in [0.29, 0.717) is 12.5 Å². The zero-order chi connectivity index (χ0) is 12.1. The van der Waals surface area contributed by atoms with Crippen LogP contribution in [-0.4, -0.2) is 23.3 Å². The van der Waals surface area contributed by atoms with E-state index in [9.17, 15) is 0 Å². The number of ether oxygens (including phenoxy) is 1. The number of nitrogens with two attached hydrogens (primary N) is 1. The van der Waals surface area contributed by atoms with Gasteiger partial charge in [0.15, 0.2) is 0 Å². The van der Waals surface area contributed by atoms with Crippen molar-refractivity contribution in [3.63, 3.8) is 0 Å². The molecule has 1 heterocycles. The number of aromatic nitrogens is 2. The first-order valence-electron chi connectivity index (χ1n) is 5.82. The topological polar surface area (TPSA) is 53.1 Å². The standard InChI is InChI=1S/C12H23N3O/c1-9(2)5-11(13)12-6-14-8-15(12)10(3)7-16-4/h6,8-11H,5,7,13H2,1-4H3. The number of hydrogen-bond donors (Lipinski definition) is 1. The van der Waals surface area contributed by atoms with Gasteiger partial charge in [-0.2, -0.15) is 0 Å². The van der Waals surface area contributed by atoms with Gasteiger partial charge in [0.05, 0.1) is 24.7 Å². The smallest absolute Gasteiger partial charge is 0.0952 e. The van der Waals surface area contributed by atoms with E-state index in [1.807, 2.05) is 12.5 Å². The van der Waals surface area contributed by atoms with Crippen LogP contribution in [0.3, 0.4) is 0 Å². The predicted molar refractivity (Wildman–Crippen MR) is 65.2 cm³/mol. The van der Waals surface area contributed by atoms with Crippen molar-refractivity contribution in [1.82, 2.24) is 9.55 Å². The van der Waals surface area contributed by atoms with Gasteiger partial charge in [-0.25, -0.2) is 4.98 Å². The molecule has 4 heteroatoms. The lowest BCUT2D eigenvalue weighted by atomic mass is 10.0. The molecule has 0 aromatic carbocycles. The van der Waals surface area contributed by atoms with Gasteiger partial charge in [-0.05, 0) is 19.3 Å². The summed E-state index contributed by atoms with van der Waals surface area (Å²) in [5.41, 5.74) is 7.27. The summed E-state index contributed by atoms with van der Waals surface area (Å²) >= 11 is 0. The van der Waals surface area contributed by atoms with Gasteiger partial charge in [0.2, 0.25) is 0 Å². The molecule has 16 heavy (non-hydrogen) atoms. The Bertz CT molecular complexity index is 309. The van der Waals surface area contributed by atoms with Gasteiger partial charge in [0.1, 0.15) is 0 Å². The second-order valence-electron chi connectivity index (χ2n) is 4.77. The average Bonchev–Trinajstić information content (AvgIpc) is 2.65. The summed E-state index contributed by atoms with van der Waals surface area (Å²) in [4.78, 5) is 4.18. The van der Waals surface area contributed by atoms with Crippen LogP contribution in [0.5, 0.6) is 0 Å². The van der Waals surface area contributed by atoms with Crippen LogP contribution in [0.4, 0.5) is 0 Å². The Balaban J connectivity index is 2.76. The van der Waals surface area contributed by atoms with Crippen LogP contribution in [-0.2, 0) is 4.74 Å². The Morgan fingerprint density at radius 1 is 1.44 bits per heavy atom. The van der Waals surface area contributed by atoms with Crippen molar-refractivity contribution in [2.75, 3.05) is 13.7 Å². The zero-order valence-electron chi connectivity index (χ0n) is 10.7. The molecule has 0 fully saturated rings. The largest absolute Gasteiger partial charge is 0.383 e. The number of rotatable bonds is 6. The highest BCUT2D eigenvalue weighted by atomic mass is 16.5. The predicted octanol–water partition coefficient (Wildman–Crippen LogP) is 2.14. The van der Waals surface area contributed by atoms with E-state index < -0.39 is 0 Å². The van der Waals surface area contributed by atoms with Crippen molar-refractivity contribution in [2.24, 2.45) is 11.7 Å². The molecule has 2 unspecified atom stereocenters. The van der Waals surface area contributed by atoms with E-state index >= 15 is 0 Å². The summed E-state index contributed by atoms with van der Waals surface area (Å²) in [6.07, 6.45) is 4.67. The highest BCUT2D eigenvalue weighted by molar-refractivity contribution is 5.06. The molecule has 0 radical (unpaired) electrons. The highest BCUT2D eigenvalue weighted by Crippen LogP contribution is 2.21. The lowest BCUT2D eigenvalue weighted by Gasteiger charge is -2.20. The second kappa shape index (κ2) is 6.01. The summed E-state index contributed by atoms with van der Waals surface area (Å²) in [5.74, 6) is 0.594. The minimum Gasteiger partial charge on any atom is -0.383 e. The number of imidazole rings is 1. The number of hydrogen-bond acceptors (Lipinski definition) is 3. The molecular weight excluding hydrogens is 202 g/mol. The van der Waals surface area contributed by atoms with Crippen molar-refractivity contribution in [1.29, 1.82) is 0 Å². The minimum atomic E-state index is 0.0572. The molecule has 92 valence electrons. The lowest BCUT2D eigenvalue weighted by Crippen LogP contribution is -2.20. The maximum Gasteiger partial charge on any atom is 0.0952 e. The van der Waals surface area contributed by atoms with E-state index in [-0.39, 0.29) is 12.1 Å². The van der Waals surface area contributed by atoms with E-state index in [2.05, 4.69) is 30.3 Å². The molecule has 0 saturated heterocycles. The van der Waals surface area contributed by atoms with Crippen molar-refractivity contribution in [3.8, 4) is 0 Å². The van der Waals surface area contributed by atoms with E-state index in [1.165, 1.54) is 0 Å². The Morgan fingerprint density at radius 2 is 2.12 bits per heavy atom. The van der Waals surface area contributed by atoms with Gasteiger partial charge < -0.3 is 15.0 Å². The van der Waals surface area contributed by atoms with Gasteiger partial charge >= 0.3 is 0 Å². The van der Waals surface area contributed by atoms with Crippen molar-refractivity contribution in [3.05, 3.63) is 18.2 Å². The van der Waals surface area contributed by atoms with Crippen LogP contribution < -0.4 is 5.73 Å². The second-order valence-corrected chi connectivity index (χ2v) is 4.77. The maximum atomic E-state index is 6.17. The number of methoxy groups -OCH3 is 1. The van der Waals surface area contributed by atoms with E-state index in [4.69, 9.17) is 10.5 Å². The quantitative estimate of drug-likeness (QED) is 0.807. The molecule has 0 amide bonds. The molecule has 0 aliphatic heterocycles. The van der Waals surface area contributed by atoms with Crippen LogP contribution in [0.2, 0.25) is 0 Å². The Morgan fingerprint density at radius 3 is 2.69 bits per heavy atom. The van der Waals surface area contributed by atoms with Crippen LogP contribution >= 0.6 is 0 Å². The molecule has 0 saturated carbocycles.